The number of nitrogens with one attached hydrogen (secondary N) is 1. The van der Waals surface area contributed by atoms with E-state index in [1.165, 1.54) is 30.3 Å². The average Bonchev–Trinajstić information content (AvgIpc) is 2.56. The van der Waals surface area contributed by atoms with Crippen LogP contribution in [-0.2, 0) is 0 Å². The Morgan fingerprint density at radius 1 is 1.13 bits per heavy atom. The van der Waals surface area contributed by atoms with Gasteiger partial charge in [-0.15, -0.1) is 0 Å². The predicted molar refractivity (Wildman–Crippen MR) is 86.3 cm³/mol. The SMILES string of the molecule is N#CC(C#N)=NNc1ccc(Br)cc1C(=O)c1ccccc1F. The third-order valence-corrected chi connectivity index (χ3v) is 3.34. The van der Waals surface area contributed by atoms with Gasteiger partial charge in [0.05, 0.1) is 11.3 Å². The highest BCUT2D eigenvalue weighted by Gasteiger charge is 2.17. The standard InChI is InChI=1S/C16H8BrFN4O/c17-10-5-6-15(22-21-11(8-19)9-20)13(7-10)16(23)12-3-1-2-4-14(12)18/h1-7,22H. The van der Waals surface area contributed by atoms with Crippen LogP contribution in [-0.4, -0.2) is 11.5 Å². The lowest BCUT2D eigenvalue weighted by Crippen LogP contribution is -2.08. The maximum atomic E-state index is 13.8. The van der Waals surface area contributed by atoms with Gasteiger partial charge in [0.25, 0.3) is 0 Å². The largest absolute Gasteiger partial charge is 0.288 e. The topological polar surface area (TPSA) is 89.0 Å². The highest BCUT2D eigenvalue weighted by atomic mass is 79.9. The molecule has 0 radical (unpaired) electrons. The monoisotopic (exact) mass is 370 g/mol. The van der Waals surface area contributed by atoms with E-state index in [0.29, 0.717) is 4.47 Å². The fourth-order valence-electron chi connectivity index (χ4n) is 1.78. The zero-order valence-corrected chi connectivity index (χ0v) is 13.1. The van der Waals surface area contributed by atoms with Crippen LogP contribution >= 0.6 is 15.9 Å². The number of nitrogens with zero attached hydrogens (tertiary/aromatic N) is 3. The first-order valence-corrected chi connectivity index (χ1v) is 7.08. The lowest BCUT2D eigenvalue weighted by Gasteiger charge is -2.09. The van der Waals surface area contributed by atoms with E-state index in [9.17, 15) is 9.18 Å². The molecule has 5 nitrogen and oxygen atoms in total. The van der Waals surface area contributed by atoms with E-state index >= 15 is 0 Å². The van der Waals surface area contributed by atoms with E-state index in [2.05, 4.69) is 26.5 Å². The Kier molecular flexibility index (Phi) is 5.19. The molecule has 7 heteroatoms. The van der Waals surface area contributed by atoms with E-state index in [1.807, 2.05) is 0 Å². The summed E-state index contributed by atoms with van der Waals surface area (Å²) in [7, 11) is 0. The number of carbonyl (C=O) groups excluding carboxylic acids is 1. The fraction of sp³-hybridized carbons (Fsp3) is 0. The van der Waals surface area contributed by atoms with Crippen LogP contribution in [0.1, 0.15) is 15.9 Å². The minimum atomic E-state index is -0.637. The Morgan fingerprint density at radius 2 is 1.83 bits per heavy atom. The van der Waals surface area contributed by atoms with Gasteiger partial charge in [0.15, 0.2) is 5.78 Å². The molecule has 2 aromatic rings. The Labute approximate surface area is 139 Å². The molecule has 0 aliphatic heterocycles. The summed E-state index contributed by atoms with van der Waals surface area (Å²) in [4.78, 5) is 12.5. The number of carbonyl (C=O) groups is 1. The van der Waals surface area contributed by atoms with Crippen LogP contribution in [0.2, 0.25) is 0 Å². The van der Waals surface area contributed by atoms with Crippen molar-refractivity contribution in [2.24, 2.45) is 5.10 Å². The zero-order valence-electron chi connectivity index (χ0n) is 11.5. The lowest BCUT2D eigenvalue weighted by atomic mass is 10.0. The second-order valence-electron chi connectivity index (χ2n) is 4.29. The highest BCUT2D eigenvalue weighted by molar-refractivity contribution is 9.10. The molecule has 0 aliphatic carbocycles. The number of rotatable bonds is 4. The number of hydrogen-bond acceptors (Lipinski definition) is 5. The van der Waals surface area contributed by atoms with Crippen molar-refractivity contribution in [3.8, 4) is 12.1 Å². The van der Waals surface area contributed by atoms with Gasteiger partial charge in [-0.2, -0.15) is 15.6 Å². The van der Waals surface area contributed by atoms with Gasteiger partial charge in [-0.05, 0) is 30.3 Å². The van der Waals surface area contributed by atoms with Gasteiger partial charge in [0.1, 0.15) is 18.0 Å². The molecular formula is C16H8BrFN4O. The summed E-state index contributed by atoms with van der Waals surface area (Å²) in [6, 6.07) is 13.5. The molecule has 2 aromatic carbocycles. The van der Waals surface area contributed by atoms with Crippen molar-refractivity contribution in [2.75, 3.05) is 5.43 Å². The molecule has 0 saturated carbocycles. The van der Waals surface area contributed by atoms with Crippen LogP contribution in [0.15, 0.2) is 52.0 Å². The molecule has 0 unspecified atom stereocenters. The first kappa shape index (κ1) is 16.3. The number of benzene rings is 2. The molecule has 23 heavy (non-hydrogen) atoms. The fourth-order valence-corrected chi connectivity index (χ4v) is 2.14. The van der Waals surface area contributed by atoms with Crippen LogP contribution in [0.25, 0.3) is 0 Å². The second kappa shape index (κ2) is 7.30. The van der Waals surface area contributed by atoms with Crippen molar-refractivity contribution >= 4 is 33.1 Å². The van der Waals surface area contributed by atoms with E-state index in [4.69, 9.17) is 10.5 Å². The maximum Gasteiger partial charge on any atom is 0.237 e. The first-order valence-electron chi connectivity index (χ1n) is 6.29. The molecule has 112 valence electrons. The number of hydrazone groups is 1. The lowest BCUT2D eigenvalue weighted by molar-refractivity contribution is 0.103. The number of halogens is 2. The molecular weight excluding hydrogens is 363 g/mol. The van der Waals surface area contributed by atoms with Crippen molar-refractivity contribution < 1.29 is 9.18 Å². The minimum absolute atomic E-state index is 0.0848. The number of ketones is 1. The average molecular weight is 371 g/mol. The normalized spacial score (nSPS) is 9.39. The molecule has 0 bridgehead atoms. The highest BCUT2D eigenvalue weighted by Crippen LogP contribution is 2.25. The molecule has 0 atom stereocenters. The zero-order chi connectivity index (χ0) is 16.8. The van der Waals surface area contributed by atoms with E-state index in [0.717, 1.165) is 0 Å². The minimum Gasteiger partial charge on any atom is -0.288 e. The Bertz CT molecular complexity index is 864. The van der Waals surface area contributed by atoms with Gasteiger partial charge >= 0.3 is 0 Å². The number of hydrogen-bond donors (Lipinski definition) is 1. The van der Waals surface area contributed by atoms with Crippen LogP contribution in [0.3, 0.4) is 0 Å². The third kappa shape index (κ3) is 3.79. The van der Waals surface area contributed by atoms with Crippen LogP contribution in [0.5, 0.6) is 0 Å². The third-order valence-electron chi connectivity index (χ3n) is 2.84. The molecule has 0 saturated heterocycles. The van der Waals surface area contributed by atoms with Crippen molar-refractivity contribution in [1.82, 2.24) is 0 Å². The first-order chi connectivity index (χ1) is 11.1. The molecule has 0 heterocycles. The summed E-state index contributed by atoms with van der Waals surface area (Å²) >= 11 is 3.25. The second-order valence-corrected chi connectivity index (χ2v) is 5.21. The maximum absolute atomic E-state index is 13.8. The van der Waals surface area contributed by atoms with Crippen molar-refractivity contribution in [3.05, 3.63) is 63.9 Å². The van der Waals surface area contributed by atoms with Gasteiger partial charge < -0.3 is 0 Å². The molecule has 0 fully saturated rings. The number of anilines is 1. The van der Waals surface area contributed by atoms with Crippen molar-refractivity contribution in [2.45, 2.75) is 0 Å². The summed E-state index contributed by atoms with van der Waals surface area (Å²) < 4.78 is 14.4. The summed E-state index contributed by atoms with van der Waals surface area (Å²) in [5, 5.41) is 21.0. The Balaban J connectivity index is 2.47. The van der Waals surface area contributed by atoms with Crippen LogP contribution in [0, 0.1) is 28.5 Å². The van der Waals surface area contributed by atoms with E-state index in [-0.39, 0.29) is 16.8 Å². The van der Waals surface area contributed by atoms with Crippen molar-refractivity contribution in [3.63, 3.8) is 0 Å². The van der Waals surface area contributed by atoms with Gasteiger partial charge in [0.2, 0.25) is 5.71 Å². The van der Waals surface area contributed by atoms with Crippen molar-refractivity contribution in [1.29, 1.82) is 10.5 Å². The summed E-state index contributed by atoms with van der Waals surface area (Å²) in [6.07, 6.45) is 0. The summed E-state index contributed by atoms with van der Waals surface area (Å²) in [5.41, 5.74) is 2.43. The number of nitriles is 2. The Hall–Kier alpha value is -3.03. The van der Waals surface area contributed by atoms with Gasteiger partial charge in [-0.3, -0.25) is 10.2 Å². The molecule has 0 aromatic heterocycles. The van der Waals surface area contributed by atoms with Gasteiger partial charge in [0, 0.05) is 10.0 Å². The Morgan fingerprint density at radius 3 is 2.48 bits per heavy atom. The van der Waals surface area contributed by atoms with E-state index in [1.54, 1.807) is 24.3 Å². The van der Waals surface area contributed by atoms with Crippen LogP contribution in [0.4, 0.5) is 10.1 Å². The molecule has 0 amide bonds. The molecule has 1 N–H and O–H groups in total. The molecule has 2 rings (SSSR count). The smallest absolute Gasteiger partial charge is 0.237 e. The molecule has 0 spiro atoms. The summed E-state index contributed by atoms with van der Waals surface area (Å²) in [6.45, 7) is 0. The van der Waals surface area contributed by atoms with Gasteiger partial charge in [-0.25, -0.2) is 4.39 Å². The predicted octanol–water partition coefficient (Wildman–Crippen LogP) is 3.63. The van der Waals surface area contributed by atoms with Crippen LogP contribution < -0.4 is 5.43 Å². The molecule has 0 aliphatic rings. The van der Waals surface area contributed by atoms with Gasteiger partial charge in [-0.1, -0.05) is 28.1 Å². The van der Waals surface area contributed by atoms with E-state index < -0.39 is 17.3 Å². The summed E-state index contributed by atoms with van der Waals surface area (Å²) in [5.74, 6) is -1.18. The quantitative estimate of drug-likeness (QED) is 0.505.